The number of hydrogen-bond donors (Lipinski definition) is 0. The predicted molar refractivity (Wildman–Crippen MR) is 146 cm³/mol. The van der Waals surface area contributed by atoms with Crippen LogP contribution < -0.4 is 4.68 Å². The van der Waals surface area contributed by atoms with E-state index in [1.54, 1.807) is 54.6 Å². The summed E-state index contributed by atoms with van der Waals surface area (Å²) >= 11 is 0. The SMILES string of the molecule is O=S1CCc2nc(-c3ccccc3)[n+](-c3c(F)c(F)c(F)c(F)c3F)n2-c2ccccc21.[Cl][Sb-]([Cl])([Cl])([Cl])([Cl])[Cl]. The van der Waals surface area contributed by atoms with E-state index in [1.165, 1.54) is 4.68 Å². The summed E-state index contributed by atoms with van der Waals surface area (Å²) in [6, 6.07) is 14.7. The molecule has 0 N–H and O–H groups in total. The van der Waals surface area contributed by atoms with Gasteiger partial charge in [0.05, 0.1) is 21.3 Å². The fourth-order valence-electron chi connectivity index (χ4n) is 3.71. The minimum atomic E-state index is -5.42. The molecule has 0 aliphatic carbocycles. The van der Waals surface area contributed by atoms with Gasteiger partial charge in [0.15, 0.2) is 0 Å². The Labute approximate surface area is 240 Å². The first-order chi connectivity index (χ1) is 17.8. The summed E-state index contributed by atoms with van der Waals surface area (Å²) in [5.74, 6) is -9.93. The Balaban J connectivity index is 0.000000448. The molecule has 39 heavy (non-hydrogen) atoms. The van der Waals surface area contributed by atoms with Gasteiger partial charge in [0.2, 0.25) is 34.8 Å². The number of para-hydroxylation sites is 1. The van der Waals surface area contributed by atoms with Crippen LogP contribution in [0.1, 0.15) is 5.82 Å². The molecule has 0 spiro atoms. The van der Waals surface area contributed by atoms with Gasteiger partial charge in [-0.1, -0.05) is 30.3 Å². The summed E-state index contributed by atoms with van der Waals surface area (Å²) in [6.07, 6.45) is 0.156. The molecule has 5 rings (SSSR count). The predicted octanol–water partition coefficient (Wildman–Crippen LogP) is 7.93. The van der Waals surface area contributed by atoms with Crippen molar-refractivity contribution in [3.8, 4) is 22.8 Å². The van der Waals surface area contributed by atoms with Gasteiger partial charge in [-0.15, -0.1) is 9.36 Å². The summed E-state index contributed by atoms with van der Waals surface area (Å²) in [5.41, 5.74) is -0.492. The topological polar surface area (TPSA) is 38.8 Å². The molecule has 0 bridgehead atoms. The van der Waals surface area contributed by atoms with Crippen LogP contribution in [0.3, 0.4) is 0 Å². The molecule has 4 aromatic rings. The van der Waals surface area contributed by atoms with Crippen LogP contribution in [-0.2, 0) is 17.2 Å². The second-order valence-corrected chi connectivity index (χ2v) is 66.4. The van der Waals surface area contributed by atoms with Crippen molar-refractivity contribution in [2.45, 2.75) is 11.3 Å². The molecule has 1 aromatic heterocycles. The number of benzene rings is 3. The maximum atomic E-state index is 14.9. The number of hydrogen-bond acceptors (Lipinski definition) is 2. The van der Waals surface area contributed by atoms with Gasteiger partial charge in [0.1, 0.15) is 5.69 Å². The first-order valence-corrected chi connectivity index (χ1v) is 31.2. The first kappa shape index (κ1) is 31.1. The van der Waals surface area contributed by atoms with Gasteiger partial charge >= 0.3 is 67.9 Å². The Bertz CT molecular complexity index is 1600. The molecule has 210 valence electrons. The minimum absolute atomic E-state index is 0.0220. The zero-order chi connectivity index (χ0) is 29.0. The Morgan fingerprint density at radius 1 is 0.769 bits per heavy atom. The monoisotopic (exact) mass is 793 g/mol. The standard InChI is InChI=1S/C22H13F5N3OS.6ClH.Sb/c23-16-17(24)19(26)21(20(27)18(16)25)30-22(12-6-2-1-3-7-12)28-15-10-11-32(31)14-9-5-4-8-13(14)29(15)30;;;;;;;/h1-9H,10-11H2;6*1H;/q+1;;;;;;;+5/p-6. The van der Waals surface area contributed by atoms with Crippen LogP contribution in [0.5, 0.6) is 0 Å². The normalized spacial score (nSPS) is 16.6. The van der Waals surface area contributed by atoms with Gasteiger partial charge in [-0.05, 0) is 29.2 Å². The van der Waals surface area contributed by atoms with Crippen molar-refractivity contribution in [1.82, 2.24) is 9.67 Å². The first-order valence-electron chi connectivity index (χ1n) is 10.5. The quantitative estimate of drug-likeness (QED) is 0.0680. The van der Waals surface area contributed by atoms with E-state index in [1.807, 2.05) is 0 Å². The third kappa shape index (κ3) is 7.33. The fourth-order valence-corrected chi connectivity index (χ4v) is 4.92. The average molecular weight is 797 g/mol. The van der Waals surface area contributed by atoms with E-state index in [-0.39, 0.29) is 29.5 Å². The van der Waals surface area contributed by atoms with Crippen molar-refractivity contribution in [3.05, 3.63) is 89.5 Å². The molecule has 1 aliphatic rings. The fraction of sp³-hybridized carbons (Fsp3) is 0.0909. The number of nitrogens with zero attached hydrogens (tertiary/aromatic N) is 3. The molecular weight excluding hydrogens is 784 g/mol. The zero-order valence-corrected chi connectivity index (χ0v) is 26.8. The summed E-state index contributed by atoms with van der Waals surface area (Å²) in [7, 11) is 23.5. The molecule has 1 aliphatic heterocycles. The van der Waals surface area contributed by atoms with E-state index in [0.717, 1.165) is 4.68 Å². The van der Waals surface area contributed by atoms with Gasteiger partial charge in [-0.2, -0.15) is 8.78 Å². The molecule has 0 radical (unpaired) electrons. The summed E-state index contributed by atoms with van der Waals surface area (Å²) < 4.78 is 86.8. The summed E-state index contributed by atoms with van der Waals surface area (Å²) in [4.78, 5) is 4.84. The van der Waals surface area contributed by atoms with E-state index in [4.69, 9.17) is 53.0 Å². The maximum absolute atomic E-state index is 14.9. The molecule has 1 unspecified atom stereocenters. The molecular formula is C22H13Cl6F5N3OSSb. The van der Waals surface area contributed by atoms with Gasteiger partial charge in [0, 0.05) is 12.2 Å². The molecule has 17 heteroatoms. The molecule has 2 heterocycles. The number of aromatic nitrogens is 3. The third-order valence-electron chi connectivity index (χ3n) is 5.16. The van der Waals surface area contributed by atoms with E-state index in [9.17, 15) is 26.2 Å². The van der Waals surface area contributed by atoms with Crippen molar-refractivity contribution in [2.75, 3.05) is 5.75 Å². The van der Waals surface area contributed by atoms with Gasteiger partial charge in [-0.3, -0.25) is 4.21 Å². The van der Waals surface area contributed by atoms with Gasteiger partial charge < -0.3 is 0 Å². The summed E-state index contributed by atoms with van der Waals surface area (Å²) in [6.45, 7) is 0. The average Bonchev–Trinajstić information content (AvgIpc) is 3.16. The molecule has 1 atom stereocenters. The van der Waals surface area contributed by atoms with Crippen LogP contribution in [0.2, 0.25) is 0 Å². The Morgan fingerprint density at radius 2 is 1.26 bits per heavy atom. The number of aryl methyl sites for hydroxylation is 1. The molecule has 3 aromatic carbocycles. The number of fused-ring (bicyclic) bond motifs is 3. The summed E-state index contributed by atoms with van der Waals surface area (Å²) in [5, 5.41) is 0. The van der Waals surface area contributed by atoms with Crippen LogP contribution >= 0.6 is 53.0 Å². The van der Waals surface area contributed by atoms with E-state index >= 15 is 0 Å². The zero-order valence-electron chi connectivity index (χ0n) is 18.9. The third-order valence-corrected chi connectivity index (χ3v) is 6.57. The van der Waals surface area contributed by atoms with E-state index in [0.29, 0.717) is 10.5 Å². The Hall–Kier alpha value is -0.842. The van der Waals surface area contributed by atoms with Crippen molar-refractivity contribution < 1.29 is 30.8 Å². The number of halogens is 11. The van der Waals surface area contributed by atoms with E-state index < -0.39 is 54.7 Å². The molecule has 4 nitrogen and oxygen atoms in total. The van der Waals surface area contributed by atoms with Crippen LogP contribution in [0.15, 0.2) is 59.5 Å². The van der Waals surface area contributed by atoms with Crippen LogP contribution in [0, 0.1) is 29.1 Å². The van der Waals surface area contributed by atoms with Gasteiger partial charge in [0.25, 0.3) is 5.82 Å². The van der Waals surface area contributed by atoms with Crippen molar-refractivity contribution in [3.63, 3.8) is 0 Å². The molecule has 0 amide bonds. The molecule has 0 saturated carbocycles. The second kappa shape index (κ2) is 10.5. The molecule has 0 saturated heterocycles. The van der Waals surface area contributed by atoms with Crippen LogP contribution in [-0.4, -0.2) is 28.8 Å². The van der Waals surface area contributed by atoms with Crippen LogP contribution in [0.4, 0.5) is 22.0 Å². The Kier molecular flexibility index (Phi) is 8.34. The molecule has 0 fully saturated rings. The van der Waals surface area contributed by atoms with Gasteiger partial charge in [-0.25, -0.2) is 13.2 Å². The number of rotatable bonds is 2. The van der Waals surface area contributed by atoms with Crippen molar-refractivity contribution >= 4 is 72.9 Å². The second-order valence-electron chi connectivity index (χ2n) is 7.99. The van der Waals surface area contributed by atoms with E-state index in [2.05, 4.69) is 4.98 Å². The Morgan fingerprint density at radius 3 is 1.82 bits per heavy atom. The van der Waals surface area contributed by atoms with Crippen LogP contribution in [0.25, 0.3) is 22.8 Å². The van der Waals surface area contributed by atoms with Crippen molar-refractivity contribution in [2.24, 2.45) is 0 Å². The van der Waals surface area contributed by atoms with Crippen molar-refractivity contribution in [1.29, 1.82) is 0 Å².